The number of H-pyrrole nitrogens is 1. The Balaban J connectivity index is 1.79. The highest BCUT2D eigenvalue weighted by atomic mass is 35.5. The monoisotopic (exact) mass is 375 g/mol. The number of thioether (sulfide) groups is 1. The van der Waals surface area contributed by atoms with Crippen molar-refractivity contribution in [3.05, 3.63) is 50.8 Å². The van der Waals surface area contributed by atoms with Gasteiger partial charge in [0.25, 0.3) is 5.56 Å². The van der Waals surface area contributed by atoms with E-state index in [1.807, 2.05) is 31.2 Å². The van der Waals surface area contributed by atoms with Gasteiger partial charge in [-0.3, -0.25) is 14.6 Å². The fraction of sp³-hybridized carbons (Fsp3) is 0.474. The number of fused-ring (bicyclic) bond motifs is 1. The molecule has 2 aliphatic rings. The van der Waals surface area contributed by atoms with Crippen LogP contribution in [0.5, 0.6) is 0 Å². The smallest absolute Gasteiger partial charge is 0.268 e. The quantitative estimate of drug-likeness (QED) is 0.693. The van der Waals surface area contributed by atoms with Crippen LogP contribution < -0.4 is 5.56 Å². The Morgan fingerprint density at radius 2 is 1.84 bits per heavy atom. The highest BCUT2D eigenvalue weighted by Gasteiger charge is 2.31. The fourth-order valence-electron chi connectivity index (χ4n) is 3.86. The lowest BCUT2D eigenvalue weighted by Crippen LogP contribution is -2.13. The molecule has 1 aromatic carbocycles. The van der Waals surface area contributed by atoms with Gasteiger partial charge in [0.15, 0.2) is 5.82 Å². The largest absolute Gasteiger partial charge is 0.271 e. The van der Waals surface area contributed by atoms with Crippen molar-refractivity contribution in [1.82, 2.24) is 9.78 Å². The van der Waals surface area contributed by atoms with Crippen molar-refractivity contribution in [3.63, 3.8) is 0 Å². The van der Waals surface area contributed by atoms with Crippen LogP contribution in [0.25, 0.3) is 0 Å². The van der Waals surface area contributed by atoms with Crippen molar-refractivity contribution in [2.75, 3.05) is 0 Å². The lowest BCUT2D eigenvalue weighted by Gasteiger charge is -2.23. The molecule has 1 saturated carbocycles. The number of hydrogen-bond donors (Lipinski definition) is 1. The van der Waals surface area contributed by atoms with Crippen molar-refractivity contribution in [3.8, 4) is 0 Å². The van der Waals surface area contributed by atoms with Crippen molar-refractivity contribution >= 4 is 34.2 Å². The zero-order valence-electron chi connectivity index (χ0n) is 14.3. The molecule has 0 radical (unpaired) electrons. The molecule has 2 heterocycles. The lowest BCUT2D eigenvalue weighted by atomic mass is 10.1. The maximum Gasteiger partial charge on any atom is 0.271 e. The van der Waals surface area contributed by atoms with E-state index in [0.717, 1.165) is 34.8 Å². The molecular weight excluding hydrogens is 354 g/mol. The third kappa shape index (κ3) is 3.32. The molecule has 1 atom stereocenters. The number of rotatable bonds is 2. The van der Waals surface area contributed by atoms with Crippen molar-refractivity contribution in [2.45, 2.75) is 56.7 Å². The second-order valence-electron chi connectivity index (χ2n) is 6.87. The Kier molecular flexibility index (Phi) is 4.78. The first-order valence-electron chi connectivity index (χ1n) is 8.95. The van der Waals surface area contributed by atoms with E-state index in [4.69, 9.17) is 16.6 Å². The van der Waals surface area contributed by atoms with Crippen LogP contribution in [0.4, 0.5) is 5.82 Å². The van der Waals surface area contributed by atoms with Crippen LogP contribution in [-0.2, 0) is 0 Å². The van der Waals surface area contributed by atoms with Gasteiger partial charge in [0, 0.05) is 5.02 Å². The molecule has 1 aromatic heterocycles. The molecular formula is C19H22ClN3OS. The van der Waals surface area contributed by atoms with Gasteiger partial charge in [-0.2, -0.15) is 0 Å². The minimum atomic E-state index is -0.0273. The molecule has 25 heavy (non-hydrogen) atoms. The number of halogens is 1. The van der Waals surface area contributed by atoms with Gasteiger partial charge in [0.05, 0.1) is 21.9 Å². The predicted octanol–water partition coefficient (Wildman–Crippen LogP) is 5.61. The topological polar surface area (TPSA) is 50.1 Å². The zero-order chi connectivity index (χ0) is 17.4. The Morgan fingerprint density at radius 3 is 2.52 bits per heavy atom. The number of hydrogen-bond acceptors (Lipinski definition) is 3. The molecule has 4 nitrogen and oxygen atoms in total. The fourth-order valence-corrected chi connectivity index (χ4v) is 5.09. The molecule has 1 aliphatic carbocycles. The highest BCUT2D eigenvalue weighted by molar-refractivity contribution is 8.14. The molecule has 2 aromatic rings. The number of aromatic amines is 1. The van der Waals surface area contributed by atoms with Crippen LogP contribution in [0.15, 0.2) is 34.1 Å². The first kappa shape index (κ1) is 17.0. The molecule has 1 N–H and O–H groups in total. The molecule has 0 unspecified atom stereocenters. The van der Waals surface area contributed by atoms with Gasteiger partial charge in [-0.05, 0) is 37.5 Å². The summed E-state index contributed by atoms with van der Waals surface area (Å²) in [4.78, 5) is 17.5. The summed E-state index contributed by atoms with van der Waals surface area (Å²) < 4.78 is 2.05. The van der Waals surface area contributed by atoms with E-state index in [2.05, 4.69) is 9.78 Å². The van der Waals surface area contributed by atoms with Gasteiger partial charge in [-0.1, -0.05) is 61.2 Å². The maximum absolute atomic E-state index is 12.8. The maximum atomic E-state index is 12.8. The molecule has 1 fully saturated rings. The standard InChI is InChI=1S/C19H22ClN3OS/c1-12-21-18-16(17(25-12)13-8-10-14(20)11-9-13)19(24)22-23(18)15-6-4-2-3-5-7-15/h8-11,15,17H,2-7H2,1H3,(H,22,24)/t17-/m1/s1. The van der Waals surface area contributed by atoms with Crippen LogP contribution in [0, 0.1) is 0 Å². The first-order valence-corrected chi connectivity index (χ1v) is 10.2. The van der Waals surface area contributed by atoms with E-state index in [-0.39, 0.29) is 10.8 Å². The van der Waals surface area contributed by atoms with Gasteiger partial charge < -0.3 is 0 Å². The van der Waals surface area contributed by atoms with E-state index in [1.165, 1.54) is 25.7 Å². The summed E-state index contributed by atoms with van der Waals surface area (Å²) in [6.45, 7) is 2.02. The summed E-state index contributed by atoms with van der Waals surface area (Å²) in [6, 6.07) is 8.13. The second-order valence-corrected chi connectivity index (χ2v) is 8.61. The van der Waals surface area contributed by atoms with Crippen LogP contribution in [0.3, 0.4) is 0 Å². The average molecular weight is 376 g/mol. The van der Waals surface area contributed by atoms with Gasteiger partial charge in [0.1, 0.15) is 0 Å². The predicted molar refractivity (Wildman–Crippen MR) is 105 cm³/mol. The van der Waals surface area contributed by atoms with Crippen LogP contribution in [0.2, 0.25) is 5.02 Å². The number of nitrogens with one attached hydrogen (secondary N) is 1. The van der Waals surface area contributed by atoms with E-state index < -0.39 is 0 Å². The summed E-state index contributed by atoms with van der Waals surface area (Å²) in [5.74, 6) is 0.827. The third-order valence-corrected chi connectivity index (χ3v) is 6.54. The Morgan fingerprint density at radius 1 is 1.16 bits per heavy atom. The van der Waals surface area contributed by atoms with E-state index in [0.29, 0.717) is 11.1 Å². The summed E-state index contributed by atoms with van der Waals surface area (Å²) in [5, 5.41) is 4.77. The lowest BCUT2D eigenvalue weighted by molar-refractivity contribution is 0.407. The van der Waals surface area contributed by atoms with Crippen LogP contribution in [-0.4, -0.2) is 14.8 Å². The molecule has 0 bridgehead atoms. The van der Waals surface area contributed by atoms with E-state index in [1.54, 1.807) is 11.8 Å². The number of benzene rings is 1. The van der Waals surface area contributed by atoms with Crippen molar-refractivity contribution in [1.29, 1.82) is 0 Å². The minimum Gasteiger partial charge on any atom is -0.268 e. The van der Waals surface area contributed by atoms with Crippen molar-refractivity contribution < 1.29 is 0 Å². The Bertz CT molecular complexity index is 845. The SMILES string of the molecule is CC1=Nc2c(c(=O)[nH]n2C2CCCCCC2)[C@@H](c2ccc(Cl)cc2)S1. The molecule has 0 amide bonds. The van der Waals surface area contributed by atoms with E-state index in [9.17, 15) is 4.79 Å². The van der Waals surface area contributed by atoms with Gasteiger partial charge >= 0.3 is 0 Å². The van der Waals surface area contributed by atoms with Crippen LogP contribution >= 0.6 is 23.4 Å². The number of nitrogens with zero attached hydrogens (tertiary/aromatic N) is 2. The minimum absolute atomic E-state index is 0.0112. The normalized spacial score (nSPS) is 21.5. The second kappa shape index (κ2) is 7.04. The van der Waals surface area contributed by atoms with Gasteiger partial charge in [0.2, 0.25) is 0 Å². The first-order chi connectivity index (χ1) is 12.1. The molecule has 4 rings (SSSR count). The highest BCUT2D eigenvalue weighted by Crippen LogP contribution is 2.45. The number of aliphatic imine (C=N–C) groups is 1. The Hall–Kier alpha value is -1.46. The number of aromatic nitrogens is 2. The summed E-state index contributed by atoms with van der Waals surface area (Å²) >= 11 is 7.67. The average Bonchev–Trinajstić information content (AvgIpc) is 2.78. The Labute approximate surface area is 156 Å². The zero-order valence-corrected chi connectivity index (χ0v) is 15.9. The summed E-state index contributed by atoms with van der Waals surface area (Å²) in [6.07, 6.45) is 7.25. The van der Waals surface area contributed by atoms with Gasteiger partial charge in [-0.15, -0.1) is 0 Å². The molecule has 0 spiro atoms. The van der Waals surface area contributed by atoms with Crippen molar-refractivity contribution in [2.24, 2.45) is 4.99 Å². The van der Waals surface area contributed by atoms with E-state index >= 15 is 0 Å². The van der Waals surface area contributed by atoms with Crippen LogP contribution in [0.1, 0.15) is 67.9 Å². The summed E-state index contributed by atoms with van der Waals surface area (Å²) in [5.41, 5.74) is 1.86. The molecule has 132 valence electrons. The summed E-state index contributed by atoms with van der Waals surface area (Å²) in [7, 11) is 0. The third-order valence-electron chi connectivity index (χ3n) is 5.11. The molecule has 1 aliphatic heterocycles. The molecule has 0 saturated heterocycles. The molecule has 6 heteroatoms. The van der Waals surface area contributed by atoms with Gasteiger partial charge in [-0.25, -0.2) is 4.99 Å².